The maximum absolute atomic E-state index is 11.5. The van der Waals surface area contributed by atoms with Crippen LogP contribution in [0, 0.1) is 5.41 Å². The van der Waals surface area contributed by atoms with E-state index in [1.54, 1.807) is 7.11 Å². The molecule has 0 bridgehead atoms. The number of methoxy groups -OCH3 is 1. The molecule has 1 aromatic carbocycles. The van der Waals surface area contributed by atoms with Crippen molar-refractivity contribution in [1.29, 1.82) is 0 Å². The van der Waals surface area contributed by atoms with E-state index >= 15 is 0 Å². The van der Waals surface area contributed by atoms with Crippen molar-refractivity contribution < 1.29 is 19.4 Å². The molecule has 1 rings (SSSR count). The minimum atomic E-state index is -0.724. The number of aliphatic carboxylic acids is 1. The summed E-state index contributed by atoms with van der Waals surface area (Å²) >= 11 is 0. The second-order valence-corrected chi connectivity index (χ2v) is 5.76. The number of ether oxygens (including phenoxy) is 2. The van der Waals surface area contributed by atoms with Gasteiger partial charge in [-0.25, -0.2) is 0 Å². The van der Waals surface area contributed by atoms with Crippen LogP contribution >= 0.6 is 0 Å². The highest BCUT2D eigenvalue weighted by Gasteiger charge is 2.34. The average molecular weight is 323 g/mol. The standard InChI is InChI=1S/C18H29NO4/c1-4-18(5-2,17(20)21)14-19-12-15-6-8-16(9-7-15)13-23-11-10-22-3/h6-9,19H,4-5,10-14H2,1-3H3,(H,20,21). The number of rotatable bonds is 12. The molecule has 0 aliphatic rings. The second kappa shape index (κ2) is 10.4. The summed E-state index contributed by atoms with van der Waals surface area (Å²) in [5.41, 5.74) is 1.58. The Balaban J connectivity index is 2.42. The van der Waals surface area contributed by atoms with Gasteiger partial charge in [0.2, 0.25) is 0 Å². The normalized spacial score (nSPS) is 11.6. The highest BCUT2D eigenvalue weighted by atomic mass is 16.5. The monoisotopic (exact) mass is 323 g/mol. The summed E-state index contributed by atoms with van der Waals surface area (Å²) in [5, 5.41) is 12.7. The minimum absolute atomic E-state index is 0.483. The Kier molecular flexibility index (Phi) is 8.84. The van der Waals surface area contributed by atoms with Crippen molar-refractivity contribution in [3.05, 3.63) is 35.4 Å². The van der Waals surface area contributed by atoms with Gasteiger partial charge in [-0.1, -0.05) is 38.1 Å². The zero-order chi connectivity index (χ0) is 17.1. The predicted octanol–water partition coefficient (Wildman–Crippen LogP) is 2.83. The first-order valence-electron chi connectivity index (χ1n) is 8.16. The summed E-state index contributed by atoms with van der Waals surface area (Å²) in [5.74, 6) is -0.724. The Labute approximate surface area is 139 Å². The molecule has 0 spiro atoms. The number of carbonyl (C=O) groups is 1. The summed E-state index contributed by atoms with van der Waals surface area (Å²) in [7, 11) is 1.65. The third-order valence-electron chi connectivity index (χ3n) is 4.32. The van der Waals surface area contributed by atoms with Gasteiger partial charge in [0.15, 0.2) is 0 Å². The maximum atomic E-state index is 11.5. The lowest BCUT2D eigenvalue weighted by atomic mass is 9.82. The van der Waals surface area contributed by atoms with Crippen molar-refractivity contribution in [3.8, 4) is 0 Å². The van der Waals surface area contributed by atoms with Crippen LogP contribution < -0.4 is 5.32 Å². The quantitative estimate of drug-likeness (QED) is 0.579. The molecule has 0 atom stereocenters. The van der Waals surface area contributed by atoms with E-state index in [0.29, 0.717) is 45.8 Å². The molecule has 5 heteroatoms. The first-order chi connectivity index (χ1) is 11.1. The average Bonchev–Trinajstić information content (AvgIpc) is 2.57. The van der Waals surface area contributed by atoms with Gasteiger partial charge in [-0.2, -0.15) is 0 Å². The molecule has 0 unspecified atom stereocenters. The van der Waals surface area contributed by atoms with Crippen molar-refractivity contribution in [2.75, 3.05) is 26.9 Å². The lowest BCUT2D eigenvalue weighted by molar-refractivity contribution is -0.149. The highest BCUT2D eigenvalue weighted by Crippen LogP contribution is 2.25. The number of benzene rings is 1. The molecule has 0 radical (unpaired) electrons. The number of carboxylic acids is 1. The first-order valence-corrected chi connectivity index (χ1v) is 8.16. The molecule has 0 aromatic heterocycles. The predicted molar refractivity (Wildman–Crippen MR) is 90.3 cm³/mol. The van der Waals surface area contributed by atoms with E-state index < -0.39 is 11.4 Å². The Morgan fingerprint density at radius 3 is 2.26 bits per heavy atom. The van der Waals surface area contributed by atoms with E-state index in [2.05, 4.69) is 5.32 Å². The maximum Gasteiger partial charge on any atom is 0.310 e. The second-order valence-electron chi connectivity index (χ2n) is 5.76. The Hall–Kier alpha value is -1.43. The molecule has 0 saturated carbocycles. The Morgan fingerprint density at radius 2 is 1.74 bits per heavy atom. The minimum Gasteiger partial charge on any atom is -0.481 e. The van der Waals surface area contributed by atoms with E-state index in [1.165, 1.54) is 0 Å². The summed E-state index contributed by atoms with van der Waals surface area (Å²) in [4.78, 5) is 11.5. The molecular formula is C18H29NO4. The van der Waals surface area contributed by atoms with Gasteiger partial charge in [0, 0.05) is 20.2 Å². The third-order valence-corrected chi connectivity index (χ3v) is 4.32. The molecule has 0 saturated heterocycles. The van der Waals surface area contributed by atoms with E-state index in [0.717, 1.165) is 11.1 Å². The molecule has 0 heterocycles. The van der Waals surface area contributed by atoms with Gasteiger partial charge in [-0.3, -0.25) is 4.79 Å². The topological polar surface area (TPSA) is 67.8 Å². The van der Waals surface area contributed by atoms with Gasteiger partial charge in [0.1, 0.15) is 0 Å². The lowest BCUT2D eigenvalue weighted by Crippen LogP contribution is -2.39. The third kappa shape index (κ3) is 6.29. The van der Waals surface area contributed by atoms with Crippen LogP contribution in [-0.4, -0.2) is 37.9 Å². The van der Waals surface area contributed by atoms with Crippen LogP contribution in [-0.2, 0) is 27.4 Å². The molecule has 23 heavy (non-hydrogen) atoms. The summed E-state index contributed by atoms with van der Waals surface area (Å²) in [6, 6.07) is 8.16. The van der Waals surface area contributed by atoms with Gasteiger partial charge < -0.3 is 19.9 Å². The van der Waals surface area contributed by atoms with Crippen LogP contribution in [0.1, 0.15) is 37.8 Å². The van der Waals surface area contributed by atoms with E-state index in [1.807, 2.05) is 38.1 Å². The fourth-order valence-electron chi connectivity index (χ4n) is 2.41. The van der Waals surface area contributed by atoms with Gasteiger partial charge >= 0.3 is 5.97 Å². The van der Waals surface area contributed by atoms with Crippen molar-refractivity contribution in [2.24, 2.45) is 5.41 Å². The van der Waals surface area contributed by atoms with Crippen molar-refractivity contribution in [3.63, 3.8) is 0 Å². The number of hydrogen-bond donors (Lipinski definition) is 2. The van der Waals surface area contributed by atoms with Crippen LogP contribution in [0.5, 0.6) is 0 Å². The molecule has 0 aliphatic carbocycles. The van der Waals surface area contributed by atoms with Crippen LogP contribution in [0.25, 0.3) is 0 Å². The van der Waals surface area contributed by atoms with Crippen LogP contribution in [0.4, 0.5) is 0 Å². The van der Waals surface area contributed by atoms with Gasteiger partial charge in [-0.05, 0) is 24.0 Å². The Morgan fingerprint density at radius 1 is 1.13 bits per heavy atom. The number of hydrogen-bond acceptors (Lipinski definition) is 4. The molecule has 0 aliphatic heterocycles. The smallest absolute Gasteiger partial charge is 0.310 e. The summed E-state index contributed by atoms with van der Waals surface area (Å²) in [6.45, 7) is 6.77. The summed E-state index contributed by atoms with van der Waals surface area (Å²) in [6.07, 6.45) is 1.26. The fraction of sp³-hybridized carbons (Fsp3) is 0.611. The van der Waals surface area contributed by atoms with Gasteiger partial charge in [0.05, 0.1) is 25.2 Å². The van der Waals surface area contributed by atoms with Crippen molar-refractivity contribution >= 4 is 5.97 Å². The molecule has 0 amide bonds. The highest BCUT2D eigenvalue weighted by molar-refractivity contribution is 5.74. The first kappa shape index (κ1) is 19.6. The van der Waals surface area contributed by atoms with Crippen LogP contribution in [0.3, 0.4) is 0 Å². The molecule has 1 aromatic rings. The van der Waals surface area contributed by atoms with Crippen LogP contribution in [0.15, 0.2) is 24.3 Å². The summed E-state index contributed by atoms with van der Waals surface area (Å²) < 4.78 is 10.4. The lowest BCUT2D eigenvalue weighted by Gasteiger charge is -2.27. The molecule has 0 fully saturated rings. The fourth-order valence-corrected chi connectivity index (χ4v) is 2.41. The Bertz CT molecular complexity index is 455. The van der Waals surface area contributed by atoms with E-state index in [4.69, 9.17) is 9.47 Å². The zero-order valence-corrected chi connectivity index (χ0v) is 14.4. The molecular weight excluding hydrogens is 294 g/mol. The van der Waals surface area contributed by atoms with Crippen molar-refractivity contribution in [2.45, 2.75) is 39.8 Å². The van der Waals surface area contributed by atoms with E-state index in [-0.39, 0.29) is 0 Å². The van der Waals surface area contributed by atoms with Gasteiger partial charge in [0.25, 0.3) is 0 Å². The molecule has 130 valence electrons. The van der Waals surface area contributed by atoms with Gasteiger partial charge in [-0.15, -0.1) is 0 Å². The van der Waals surface area contributed by atoms with Crippen molar-refractivity contribution in [1.82, 2.24) is 5.32 Å². The van der Waals surface area contributed by atoms with E-state index in [9.17, 15) is 9.90 Å². The van der Waals surface area contributed by atoms with Crippen LogP contribution in [0.2, 0.25) is 0 Å². The number of nitrogens with one attached hydrogen (secondary N) is 1. The molecule has 5 nitrogen and oxygen atoms in total. The molecule has 2 N–H and O–H groups in total. The zero-order valence-electron chi connectivity index (χ0n) is 14.4. The SMILES string of the molecule is CCC(CC)(CNCc1ccc(COCCOC)cc1)C(=O)O. The largest absolute Gasteiger partial charge is 0.481 e. The number of carboxylic acid groups (broad SMARTS) is 1.